The van der Waals surface area contributed by atoms with Gasteiger partial charge in [0.1, 0.15) is 7.05 Å². The first-order valence-electron chi connectivity index (χ1n) is 2.30. The van der Waals surface area contributed by atoms with Crippen molar-refractivity contribution in [3.63, 3.8) is 0 Å². The molecule has 92 valence electrons. The Morgan fingerprint density at radius 3 is 1.07 bits per heavy atom. The Labute approximate surface area is 211 Å². The second-order valence-electron chi connectivity index (χ2n) is 1.54. The van der Waals surface area contributed by atoms with Gasteiger partial charge in [0.25, 0.3) is 0 Å². The Morgan fingerprint density at radius 2 is 0.933 bits per heavy atom. The van der Waals surface area contributed by atoms with Gasteiger partial charge < -0.3 is 150 Å². The van der Waals surface area contributed by atoms with Gasteiger partial charge in [-0.2, -0.15) is 0 Å². The third kappa shape index (κ3) is 32.1. The van der Waals surface area contributed by atoms with Crippen LogP contribution in [-0.4, -0.2) is 23.9 Å². The van der Waals surface area contributed by atoms with Crippen molar-refractivity contribution in [2.45, 2.75) is 0 Å². The summed E-state index contributed by atoms with van der Waals surface area (Å²) >= 11 is 0. The molecule has 0 radical (unpaired) electrons. The molecule has 0 atom stereocenters. The number of hydrogen-bond acceptors (Lipinski definition) is 0. The molecule has 0 spiro atoms. The van der Waals surface area contributed by atoms with Crippen LogP contribution in [0.25, 0.3) is 0 Å². The zero-order chi connectivity index (χ0) is 5.11. The van der Waals surface area contributed by atoms with Crippen LogP contribution in [-0.2, 0) is 7.05 Å². The molecule has 2 nitrogen and oxygen atoms in total. The summed E-state index contributed by atoms with van der Waals surface area (Å²) in [4.78, 5) is 0. The van der Waals surface area contributed by atoms with E-state index in [0.717, 1.165) is 0 Å². The first kappa shape index (κ1) is 50.6. The van der Waals surface area contributed by atoms with Crippen LogP contribution < -0.4 is 155 Å². The summed E-state index contributed by atoms with van der Waals surface area (Å²) in [5, 5.41) is 0. The molecule has 0 saturated carbocycles. The molecule has 0 unspecified atom stereocenters. The number of quaternary nitrogens is 1. The van der Waals surface area contributed by atoms with Crippen molar-refractivity contribution >= 4 is 23.9 Å². The van der Waals surface area contributed by atoms with Gasteiger partial charge in [0.05, 0.1) is 0 Å². The Kier molecular flexibility index (Phi) is 122. The number of halogens is 6. The molecule has 0 amide bonds. The van der Waals surface area contributed by atoms with E-state index in [1.165, 1.54) is 0 Å². The number of rotatable bonds is 0. The molecule has 4 N–H and O–H groups in total. The van der Waals surface area contributed by atoms with Crippen LogP contribution in [0.5, 0.6) is 0 Å². The Hall–Kier alpha value is 4.29. The van der Waals surface area contributed by atoms with Gasteiger partial charge in [0.15, 0.2) is 12.4 Å². The van der Waals surface area contributed by atoms with Crippen molar-refractivity contribution in [3.05, 3.63) is 30.6 Å². The van der Waals surface area contributed by atoms with E-state index < -0.39 is 0 Å². The molecule has 0 saturated heterocycles. The molecule has 1 heterocycles. The summed E-state index contributed by atoms with van der Waals surface area (Å²) in [6.45, 7) is 0. The van der Waals surface area contributed by atoms with Crippen LogP contribution in [0.4, 0.5) is 0 Å². The maximum atomic E-state index is 2.00. The third-order valence-electron chi connectivity index (χ3n) is 0.865. The van der Waals surface area contributed by atoms with Crippen molar-refractivity contribution in [2.24, 2.45) is 7.05 Å². The molecule has 0 aliphatic carbocycles. The van der Waals surface area contributed by atoms with Crippen LogP contribution in [0.2, 0.25) is 0 Å². The van der Waals surface area contributed by atoms with E-state index in [2.05, 4.69) is 0 Å². The van der Waals surface area contributed by atoms with Crippen molar-refractivity contribution in [3.8, 4) is 0 Å². The molecule has 0 fully saturated rings. The van der Waals surface area contributed by atoms with Crippen LogP contribution in [0.15, 0.2) is 30.6 Å². The predicted molar refractivity (Wildman–Crippen MR) is 39.4 cm³/mol. The minimum Gasteiger partial charge on any atom is -1.00 e. The van der Waals surface area contributed by atoms with E-state index in [9.17, 15) is 0 Å². The molecular formula is C6H12I6N2Sn. The Morgan fingerprint density at radius 1 is 0.667 bits per heavy atom. The maximum Gasteiger partial charge on any atom is 4.00 e. The average Bonchev–Trinajstić information content (AvgIpc) is 1.69. The third-order valence-corrected chi connectivity index (χ3v) is 0.865. The minimum atomic E-state index is 0. The van der Waals surface area contributed by atoms with E-state index in [-0.39, 0.29) is 174 Å². The van der Waals surface area contributed by atoms with Crippen molar-refractivity contribution in [1.82, 2.24) is 6.15 Å². The van der Waals surface area contributed by atoms with E-state index in [0.29, 0.717) is 0 Å². The van der Waals surface area contributed by atoms with Crippen molar-refractivity contribution in [1.29, 1.82) is 0 Å². The first-order chi connectivity index (χ1) is 3.39. The normalized spacial score (nSPS) is 4.07. The van der Waals surface area contributed by atoms with Crippen molar-refractivity contribution < 1.29 is 148 Å². The molecule has 0 aliphatic rings. The van der Waals surface area contributed by atoms with E-state index >= 15 is 0 Å². The van der Waals surface area contributed by atoms with Gasteiger partial charge in [-0.25, -0.2) is 4.57 Å². The predicted octanol–water partition coefficient (Wildman–Crippen LogP) is -17.5. The van der Waals surface area contributed by atoms with Crippen LogP contribution in [0, 0.1) is 0 Å². The van der Waals surface area contributed by atoms with E-state index in [1.54, 1.807) is 0 Å². The first-order valence-corrected chi connectivity index (χ1v) is 2.30. The summed E-state index contributed by atoms with van der Waals surface area (Å²) in [6, 6.07) is 6.00. The smallest absolute Gasteiger partial charge is 1.00 e. The van der Waals surface area contributed by atoms with Gasteiger partial charge in [-0.05, 0) is 0 Å². The van der Waals surface area contributed by atoms with Gasteiger partial charge in [-0.1, -0.05) is 6.07 Å². The zero-order valence-electron chi connectivity index (χ0n) is 8.10. The molecule has 0 aromatic carbocycles. The quantitative estimate of drug-likeness (QED) is 0.153. The zero-order valence-corrected chi connectivity index (χ0v) is 23.9. The largest absolute Gasteiger partial charge is 4.00 e. The van der Waals surface area contributed by atoms with E-state index in [1.807, 2.05) is 42.2 Å². The Balaban J connectivity index is -0.0000000102. The second-order valence-corrected chi connectivity index (χ2v) is 1.54. The minimum absolute atomic E-state index is 0. The summed E-state index contributed by atoms with van der Waals surface area (Å²) < 4.78 is 2.00. The fourth-order valence-corrected chi connectivity index (χ4v) is 0.485. The van der Waals surface area contributed by atoms with Gasteiger partial charge in [0, 0.05) is 12.1 Å². The van der Waals surface area contributed by atoms with E-state index in [4.69, 9.17) is 0 Å². The molecule has 1 aromatic rings. The fraction of sp³-hybridized carbons (Fsp3) is 0.167. The number of nitrogens with zero attached hydrogens (tertiary/aromatic N) is 1. The Bertz CT molecular complexity index is 156. The number of pyridine rings is 1. The topological polar surface area (TPSA) is 40.4 Å². The van der Waals surface area contributed by atoms with Gasteiger partial charge in [0.2, 0.25) is 0 Å². The van der Waals surface area contributed by atoms with Crippen LogP contribution >= 0.6 is 0 Å². The number of aryl methyl sites for hydroxylation is 1. The van der Waals surface area contributed by atoms with Crippen molar-refractivity contribution in [2.75, 3.05) is 0 Å². The summed E-state index contributed by atoms with van der Waals surface area (Å²) in [5.74, 6) is 0. The molecule has 0 bridgehead atoms. The van der Waals surface area contributed by atoms with Gasteiger partial charge in [-0.15, -0.1) is 0 Å². The fourth-order valence-electron chi connectivity index (χ4n) is 0.485. The number of aromatic nitrogens is 1. The van der Waals surface area contributed by atoms with Crippen LogP contribution in [0.3, 0.4) is 0 Å². The molecular weight excluding hydrogens is 980 g/mol. The van der Waals surface area contributed by atoms with Crippen LogP contribution in [0.1, 0.15) is 0 Å². The molecule has 1 aromatic heterocycles. The van der Waals surface area contributed by atoms with Gasteiger partial charge >= 0.3 is 23.9 Å². The SMILES string of the molecule is C[n+]1ccccc1.[I-].[I-].[I-].[I-].[I-].[I-].[NH4+].[Sn+4]. The maximum absolute atomic E-state index is 2.00. The average molecular weight is 992 g/mol. The standard InChI is InChI=1S/C6H8N.6HI.H3N.Sn/c1-7-5-3-2-4-6-7;;;;;;;;/h2-6H,1H3;6*1H;1H3;/q+1;;;;;;;;+4/p-5. The molecule has 0 aliphatic heterocycles. The number of hydrogen-bond donors (Lipinski definition) is 1. The molecule has 9 heteroatoms. The second kappa shape index (κ2) is 36.2. The summed E-state index contributed by atoms with van der Waals surface area (Å²) in [6.07, 6.45) is 4.00. The monoisotopic (exact) mass is 993 g/mol. The summed E-state index contributed by atoms with van der Waals surface area (Å²) in [5.41, 5.74) is 0. The summed E-state index contributed by atoms with van der Waals surface area (Å²) in [7, 11) is 2.00. The van der Waals surface area contributed by atoms with Gasteiger partial charge in [-0.3, -0.25) is 0 Å². The molecule has 15 heavy (non-hydrogen) atoms. The molecule has 1 rings (SSSR count).